The molecular formula is C12H15N3O3S2. The lowest BCUT2D eigenvalue weighted by atomic mass is 10.3. The van der Waals surface area contributed by atoms with Crippen LogP contribution in [0.4, 0.5) is 0 Å². The average Bonchev–Trinajstić information content (AvgIpc) is 2.97. The first-order valence-electron chi connectivity index (χ1n) is 5.89. The predicted octanol–water partition coefficient (Wildman–Crippen LogP) is 0.707. The third kappa shape index (κ3) is 3.47. The molecule has 0 fully saturated rings. The first-order valence-corrected chi connectivity index (χ1v) is 8.25. The number of sulfonamides is 1. The second-order valence-electron chi connectivity index (χ2n) is 4.28. The van der Waals surface area contributed by atoms with E-state index in [1.807, 2.05) is 0 Å². The molecule has 0 saturated carbocycles. The first kappa shape index (κ1) is 14.8. The molecule has 0 aliphatic carbocycles. The van der Waals surface area contributed by atoms with Gasteiger partial charge < -0.3 is 9.88 Å². The fraction of sp³-hybridized carbons (Fsp3) is 0.250. The minimum Gasteiger partial charge on any atom is -0.350 e. The van der Waals surface area contributed by atoms with Crippen molar-refractivity contribution in [2.24, 2.45) is 12.2 Å². The molecule has 0 aromatic carbocycles. The molecule has 20 heavy (non-hydrogen) atoms. The summed E-state index contributed by atoms with van der Waals surface area (Å²) >= 11 is 1.12. The molecule has 0 spiro atoms. The van der Waals surface area contributed by atoms with Gasteiger partial charge in [-0.05, 0) is 30.7 Å². The molecule has 0 unspecified atom stereocenters. The van der Waals surface area contributed by atoms with Crippen LogP contribution < -0.4 is 10.5 Å². The number of aromatic nitrogens is 1. The zero-order chi connectivity index (χ0) is 14.8. The second-order valence-corrected chi connectivity index (χ2v) is 7.23. The van der Waals surface area contributed by atoms with Crippen molar-refractivity contribution in [2.45, 2.75) is 10.6 Å². The molecule has 0 saturated heterocycles. The van der Waals surface area contributed by atoms with Crippen LogP contribution in [0.2, 0.25) is 0 Å². The lowest BCUT2D eigenvalue weighted by Gasteiger charge is -2.05. The Bertz CT molecular complexity index is 716. The van der Waals surface area contributed by atoms with E-state index in [0.717, 1.165) is 16.2 Å². The van der Waals surface area contributed by atoms with E-state index in [1.165, 1.54) is 6.07 Å². The Hall–Kier alpha value is -1.64. The summed E-state index contributed by atoms with van der Waals surface area (Å²) in [5.74, 6) is -0.152. The lowest BCUT2D eigenvalue weighted by molar-refractivity contribution is 0.0946. The first-order chi connectivity index (χ1) is 9.38. The van der Waals surface area contributed by atoms with Crippen LogP contribution in [-0.2, 0) is 23.5 Å². The van der Waals surface area contributed by atoms with Crippen LogP contribution in [0.5, 0.6) is 0 Å². The highest BCUT2D eigenvalue weighted by molar-refractivity contribution is 7.91. The van der Waals surface area contributed by atoms with E-state index in [2.05, 4.69) is 5.32 Å². The number of nitrogens with two attached hydrogens (primary N) is 1. The van der Waals surface area contributed by atoms with Crippen LogP contribution in [0.3, 0.4) is 0 Å². The minimum atomic E-state index is -3.64. The number of aryl methyl sites for hydroxylation is 1. The number of nitrogens with one attached hydrogen (secondary N) is 1. The molecule has 108 valence electrons. The summed E-state index contributed by atoms with van der Waals surface area (Å²) in [5, 5.41) is 7.83. The Balaban J connectivity index is 1.89. The molecular weight excluding hydrogens is 298 g/mol. The topological polar surface area (TPSA) is 94.2 Å². The van der Waals surface area contributed by atoms with E-state index < -0.39 is 10.0 Å². The van der Waals surface area contributed by atoms with Crippen molar-refractivity contribution in [3.63, 3.8) is 0 Å². The summed E-state index contributed by atoms with van der Waals surface area (Å²) in [4.78, 5) is 12.7. The highest BCUT2D eigenvalue weighted by Crippen LogP contribution is 2.20. The van der Waals surface area contributed by atoms with Crippen LogP contribution in [0.15, 0.2) is 34.7 Å². The van der Waals surface area contributed by atoms with E-state index in [-0.39, 0.29) is 10.1 Å². The van der Waals surface area contributed by atoms with Crippen molar-refractivity contribution in [1.29, 1.82) is 0 Å². The summed E-state index contributed by atoms with van der Waals surface area (Å²) in [7, 11) is -1.84. The van der Waals surface area contributed by atoms with Crippen LogP contribution >= 0.6 is 11.3 Å². The molecule has 2 heterocycles. The van der Waals surface area contributed by atoms with Crippen molar-refractivity contribution >= 4 is 27.3 Å². The van der Waals surface area contributed by atoms with Gasteiger partial charge >= 0.3 is 0 Å². The summed E-state index contributed by atoms with van der Waals surface area (Å²) < 4.78 is 24.1. The minimum absolute atomic E-state index is 0.140. The number of hydrogen-bond donors (Lipinski definition) is 2. The van der Waals surface area contributed by atoms with Crippen molar-refractivity contribution < 1.29 is 13.2 Å². The Morgan fingerprint density at radius 1 is 1.40 bits per heavy atom. The molecule has 0 atom stereocenters. The van der Waals surface area contributed by atoms with Crippen molar-refractivity contribution in [3.8, 4) is 0 Å². The second kappa shape index (κ2) is 5.78. The van der Waals surface area contributed by atoms with Gasteiger partial charge in [0.2, 0.25) is 10.0 Å². The van der Waals surface area contributed by atoms with Crippen LogP contribution in [-0.4, -0.2) is 25.4 Å². The zero-order valence-electron chi connectivity index (χ0n) is 10.9. The molecule has 6 nitrogen and oxygen atoms in total. The normalized spacial score (nSPS) is 11.5. The van der Waals surface area contributed by atoms with E-state index in [9.17, 15) is 13.2 Å². The quantitative estimate of drug-likeness (QED) is 0.851. The van der Waals surface area contributed by atoms with Crippen LogP contribution in [0, 0.1) is 0 Å². The number of thiophene rings is 1. The Morgan fingerprint density at radius 3 is 2.70 bits per heavy atom. The maximum Gasteiger partial charge on any atom is 0.267 e. The number of amides is 1. The number of carbonyl (C=O) groups is 1. The largest absolute Gasteiger partial charge is 0.350 e. The van der Waals surface area contributed by atoms with Gasteiger partial charge in [-0.1, -0.05) is 0 Å². The fourth-order valence-corrected chi connectivity index (χ4v) is 3.51. The number of rotatable bonds is 5. The van der Waals surface area contributed by atoms with Gasteiger partial charge in [-0.2, -0.15) is 0 Å². The van der Waals surface area contributed by atoms with Gasteiger partial charge in [0.1, 0.15) is 9.90 Å². The summed E-state index contributed by atoms with van der Waals surface area (Å²) in [6.07, 6.45) is 2.36. The van der Waals surface area contributed by atoms with Gasteiger partial charge in [-0.3, -0.25) is 4.79 Å². The summed E-state index contributed by atoms with van der Waals surface area (Å²) in [6, 6.07) is 6.72. The molecule has 0 bridgehead atoms. The maximum atomic E-state index is 11.8. The highest BCUT2D eigenvalue weighted by atomic mass is 32.2. The molecule has 0 radical (unpaired) electrons. The molecule has 8 heteroatoms. The van der Waals surface area contributed by atoms with Crippen molar-refractivity contribution in [1.82, 2.24) is 9.88 Å². The Morgan fingerprint density at radius 2 is 2.15 bits per heavy atom. The monoisotopic (exact) mass is 313 g/mol. The molecule has 0 aliphatic rings. The van der Waals surface area contributed by atoms with Crippen LogP contribution in [0.25, 0.3) is 0 Å². The fourth-order valence-electron chi connectivity index (χ4n) is 1.73. The van der Waals surface area contributed by atoms with E-state index in [0.29, 0.717) is 18.7 Å². The number of primary sulfonamides is 1. The van der Waals surface area contributed by atoms with Gasteiger partial charge in [-0.15, -0.1) is 11.3 Å². The van der Waals surface area contributed by atoms with Gasteiger partial charge in [-0.25, -0.2) is 13.6 Å². The number of nitrogens with zero attached hydrogens (tertiary/aromatic N) is 1. The van der Waals surface area contributed by atoms with E-state index in [1.54, 1.807) is 36.0 Å². The molecule has 3 N–H and O–H groups in total. The SMILES string of the molecule is Cn1cccc1C(=O)NCCc1ccc(S(N)(=O)=O)s1. The Kier molecular flexibility index (Phi) is 4.26. The highest BCUT2D eigenvalue weighted by Gasteiger charge is 2.12. The third-order valence-corrected chi connectivity index (χ3v) is 5.33. The van der Waals surface area contributed by atoms with E-state index in [4.69, 9.17) is 5.14 Å². The van der Waals surface area contributed by atoms with Gasteiger partial charge in [0.05, 0.1) is 0 Å². The smallest absolute Gasteiger partial charge is 0.267 e. The average molecular weight is 313 g/mol. The predicted molar refractivity (Wildman–Crippen MR) is 77.1 cm³/mol. The van der Waals surface area contributed by atoms with Gasteiger partial charge in [0, 0.05) is 24.7 Å². The van der Waals surface area contributed by atoms with E-state index >= 15 is 0 Å². The molecule has 2 aromatic heterocycles. The zero-order valence-corrected chi connectivity index (χ0v) is 12.5. The Labute approximate surface area is 121 Å². The third-order valence-electron chi connectivity index (χ3n) is 2.75. The lowest BCUT2D eigenvalue weighted by Crippen LogP contribution is -2.27. The van der Waals surface area contributed by atoms with Crippen molar-refractivity contribution in [3.05, 3.63) is 41.0 Å². The standard InChI is InChI=1S/C12H15N3O3S2/c1-15-8-2-3-10(15)12(16)14-7-6-9-4-5-11(19-9)20(13,17)18/h2-5,8H,6-7H2,1H3,(H,14,16)(H2,13,17,18). The summed E-state index contributed by atoms with van der Waals surface area (Å²) in [5.41, 5.74) is 0.585. The molecule has 1 amide bonds. The summed E-state index contributed by atoms with van der Waals surface area (Å²) in [6.45, 7) is 0.439. The number of carbonyl (C=O) groups excluding carboxylic acids is 1. The van der Waals surface area contributed by atoms with Gasteiger partial charge in [0.25, 0.3) is 5.91 Å². The maximum absolute atomic E-state index is 11.8. The molecule has 2 aromatic rings. The van der Waals surface area contributed by atoms with Gasteiger partial charge in [0.15, 0.2) is 0 Å². The molecule has 0 aliphatic heterocycles. The molecule has 2 rings (SSSR count). The number of hydrogen-bond acceptors (Lipinski definition) is 4. The van der Waals surface area contributed by atoms with Crippen molar-refractivity contribution in [2.75, 3.05) is 6.54 Å². The van der Waals surface area contributed by atoms with Crippen LogP contribution in [0.1, 0.15) is 15.4 Å².